The van der Waals surface area contributed by atoms with Gasteiger partial charge in [-0.05, 0) is 45.0 Å². The molecule has 0 aliphatic carbocycles. The van der Waals surface area contributed by atoms with Crippen molar-refractivity contribution in [2.75, 3.05) is 19.8 Å². The number of aromatic nitrogens is 2. The highest BCUT2D eigenvalue weighted by Gasteiger charge is 2.45. The van der Waals surface area contributed by atoms with E-state index in [2.05, 4.69) is 0 Å². The Kier molecular flexibility index (Phi) is 7.78. The fourth-order valence-electron chi connectivity index (χ4n) is 4.24. The van der Waals surface area contributed by atoms with Crippen LogP contribution in [-0.4, -0.2) is 40.1 Å². The molecule has 6 nitrogen and oxygen atoms in total. The summed E-state index contributed by atoms with van der Waals surface area (Å²) in [6.45, 7) is 5.63. The van der Waals surface area contributed by atoms with Gasteiger partial charge in [-0.25, -0.2) is 4.98 Å². The highest BCUT2D eigenvalue weighted by atomic mass is 19.3. The smallest absolute Gasteiger partial charge is 0.349 e. The van der Waals surface area contributed by atoms with Crippen molar-refractivity contribution in [1.29, 1.82) is 0 Å². The molecule has 0 saturated carbocycles. The summed E-state index contributed by atoms with van der Waals surface area (Å²) in [5.41, 5.74) is 1.20. The highest BCUT2D eigenvalue weighted by molar-refractivity contribution is 5.85. The van der Waals surface area contributed by atoms with Crippen molar-refractivity contribution < 1.29 is 18.3 Å². The number of ether oxygens (including phenoxy) is 1. The lowest BCUT2D eigenvalue weighted by Gasteiger charge is -2.33. The van der Waals surface area contributed by atoms with Crippen LogP contribution in [0.4, 0.5) is 8.78 Å². The first-order valence-corrected chi connectivity index (χ1v) is 12.2. The van der Waals surface area contributed by atoms with Crippen molar-refractivity contribution in [2.24, 2.45) is 0 Å². The highest BCUT2D eigenvalue weighted by Crippen LogP contribution is 2.33. The van der Waals surface area contributed by atoms with Gasteiger partial charge < -0.3 is 9.64 Å². The molecule has 3 aromatic carbocycles. The fourth-order valence-corrected chi connectivity index (χ4v) is 4.24. The molecule has 4 rings (SSSR count). The van der Waals surface area contributed by atoms with E-state index in [1.165, 1.54) is 28.8 Å². The van der Waals surface area contributed by atoms with Crippen molar-refractivity contribution in [1.82, 2.24) is 14.5 Å². The predicted octanol–water partition coefficient (Wildman–Crippen LogP) is 5.41. The van der Waals surface area contributed by atoms with Crippen LogP contribution in [-0.2, 0) is 15.5 Å². The van der Waals surface area contributed by atoms with Crippen LogP contribution in [0.1, 0.15) is 36.8 Å². The SMILES string of the molecule is CCOCCN(C(=O)C(F)(F)c1ccccc1)C(C)c1nc2ccccc2c(=O)n1-c1ccc(C)cc1. The largest absolute Gasteiger partial charge is 0.380 e. The van der Waals surface area contributed by atoms with Gasteiger partial charge in [-0.2, -0.15) is 8.78 Å². The Balaban J connectivity index is 1.87. The van der Waals surface area contributed by atoms with Crippen molar-refractivity contribution in [3.8, 4) is 5.69 Å². The van der Waals surface area contributed by atoms with Crippen LogP contribution in [0.2, 0.25) is 0 Å². The number of rotatable bonds is 9. The summed E-state index contributed by atoms with van der Waals surface area (Å²) in [5.74, 6) is -4.99. The fraction of sp³-hybridized carbons (Fsp3) is 0.276. The molecule has 0 N–H and O–H groups in total. The van der Waals surface area contributed by atoms with Gasteiger partial charge in [-0.1, -0.05) is 60.2 Å². The Morgan fingerprint density at radius 2 is 1.68 bits per heavy atom. The van der Waals surface area contributed by atoms with E-state index in [0.717, 1.165) is 10.5 Å². The third-order valence-electron chi connectivity index (χ3n) is 6.28. The second kappa shape index (κ2) is 11.0. The van der Waals surface area contributed by atoms with Crippen molar-refractivity contribution in [3.63, 3.8) is 0 Å². The molecule has 0 fully saturated rings. The normalized spacial score (nSPS) is 12.5. The van der Waals surface area contributed by atoms with E-state index in [4.69, 9.17) is 9.72 Å². The van der Waals surface area contributed by atoms with Crippen LogP contribution in [0.15, 0.2) is 83.7 Å². The summed E-state index contributed by atoms with van der Waals surface area (Å²) in [4.78, 5) is 32.8. The zero-order valence-corrected chi connectivity index (χ0v) is 21.0. The number of nitrogens with zero attached hydrogens (tertiary/aromatic N) is 3. The number of hydrogen-bond acceptors (Lipinski definition) is 4. The number of para-hydroxylation sites is 1. The molecule has 0 bridgehead atoms. The molecule has 4 aromatic rings. The van der Waals surface area contributed by atoms with Crippen LogP contribution < -0.4 is 5.56 Å². The first-order chi connectivity index (χ1) is 17.8. The number of halogens is 2. The Labute approximate surface area is 214 Å². The zero-order valence-electron chi connectivity index (χ0n) is 21.0. The van der Waals surface area contributed by atoms with Crippen LogP contribution >= 0.6 is 0 Å². The molecule has 37 heavy (non-hydrogen) atoms. The number of amides is 1. The third kappa shape index (κ3) is 5.29. The Hall–Kier alpha value is -3.91. The Morgan fingerprint density at radius 1 is 1.03 bits per heavy atom. The Bertz CT molecular complexity index is 1440. The van der Waals surface area contributed by atoms with Gasteiger partial charge in [0.05, 0.1) is 29.2 Å². The molecule has 192 valence electrons. The second-order valence-electron chi connectivity index (χ2n) is 8.78. The lowest BCUT2D eigenvalue weighted by Crippen LogP contribution is -2.46. The van der Waals surface area contributed by atoms with E-state index >= 15 is 8.78 Å². The number of fused-ring (bicyclic) bond motifs is 1. The molecule has 1 heterocycles. The van der Waals surface area contributed by atoms with Gasteiger partial charge in [0.25, 0.3) is 11.5 Å². The lowest BCUT2D eigenvalue weighted by molar-refractivity contribution is -0.162. The molecular weight excluding hydrogens is 476 g/mol. The van der Waals surface area contributed by atoms with E-state index in [1.54, 1.807) is 56.3 Å². The number of carbonyl (C=O) groups excluding carboxylic acids is 1. The average molecular weight is 506 g/mol. The van der Waals surface area contributed by atoms with E-state index in [9.17, 15) is 9.59 Å². The molecule has 0 radical (unpaired) electrons. The second-order valence-corrected chi connectivity index (χ2v) is 8.78. The van der Waals surface area contributed by atoms with Crippen LogP contribution in [0.3, 0.4) is 0 Å². The summed E-state index contributed by atoms with van der Waals surface area (Å²) in [6.07, 6.45) is 0. The standard InChI is InChI=1S/C29H29F2N3O3/c1-4-37-19-18-33(28(36)29(30,31)22-10-6-5-7-11-22)21(3)26-32-25-13-9-8-12-24(25)27(35)34(26)23-16-14-20(2)15-17-23/h5-17,21H,4,18-19H2,1-3H3. The first kappa shape index (κ1) is 26.2. The number of benzene rings is 3. The van der Waals surface area contributed by atoms with Gasteiger partial charge in [-0.3, -0.25) is 14.2 Å². The molecule has 0 aliphatic rings. The number of aryl methyl sites for hydroxylation is 1. The number of carbonyl (C=O) groups is 1. The van der Waals surface area contributed by atoms with Crippen molar-refractivity contribution in [3.05, 3.63) is 106 Å². The van der Waals surface area contributed by atoms with E-state index in [0.29, 0.717) is 23.2 Å². The first-order valence-electron chi connectivity index (χ1n) is 12.2. The summed E-state index contributed by atoms with van der Waals surface area (Å²) < 4.78 is 37.7. The van der Waals surface area contributed by atoms with Crippen LogP contribution in [0.5, 0.6) is 0 Å². The number of alkyl halides is 2. The molecule has 0 spiro atoms. The molecule has 1 aromatic heterocycles. The van der Waals surface area contributed by atoms with Gasteiger partial charge in [0.1, 0.15) is 5.82 Å². The predicted molar refractivity (Wildman–Crippen MR) is 139 cm³/mol. The molecule has 1 atom stereocenters. The minimum Gasteiger partial charge on any atom is -0.380 e. The van der Waals surface area contributed by atoms with E-state index in [-0.39, 0.29) is 24.5 Å². The van der Waals surface area contributed by atoms with E-state index < -0.39 is 23.4 Å². The third-order valence-corrected chi connectivity index (χ3v) is 6.28. The zero-order chi connectivity index (χ0) is 26.6. The van der Waals surface area contributed by atoms with Crippen molar-refractivity contribution >= 4 is 16.8 Å². The molecule has 0 saturated heterocycles. The monoisotopic (exact) mass is 505 g/mol. The van der Waals surface area contributed by atoms with Gasteiger partial charge in [0, 0.05) is 18.7 Å². The topological polar surface area (TPSA) is 64.4 Å². The average Bonchev–Trinajstić information content (AvgIpc) is 2.91. The number of hydrogen-bond donors (Lipinski definition) is 0. The molecular formula is C29H29F2N3O3. The summed E-state index contributed by atoms with van der Waals surface area (Å²) in [5, 5.41) is 0.390. The summed E-state index contributed by atoms with van der Waals surface area (Å²) in [6, 6.07) is 20.1. The quantitative estimate of drug-likeness (QED) is 0.285. The lowest BCUT2D eigenvalue weighted by atomic mass is 10.1. The minimum atomic E-state index is -3.78. The maximum Gasteiger partial charge on any atom is 0.349 e. The van der Waals surface area contributed by atoms with Gasteiger partial charge in [0.2, 0.25) is 0 Å². The molecule has 8 heteroatoms. The maximum absolute atomic E-state index is 15.5. The Morgan fingerprint density at radius 3 is 2.35 bits per heavy atom. The molecule has 1 amide bonds. The minimum absolute atomic E-state index is 0.0554. The van der Waals surface area contributed by atoms with Crippen LogP contribution in [0, 0.1) is 6.92 Å². The maximum atomic E-state index is 15.5. The summed E-state index contributed by atoms with van der Waals surface area (Å²) >= 11 is 0. The van der Waals surface area contributed by atoms with E-state index in [1.807, 2.05) is 19.1 Å². The van der Waals surface area contributed by atoms with Crippen LogP contribution in [0.25, 0.3) is 16.6 Å². The van der Waals surface area contributed by atoms with Gasteiger partial charge in [0.15, 0.2) is 0 Å². The molecule has 1 unspecified atom stereocenters. The van der Waals surface area contributed by atoms with Crippen molar-refractivity contribution in [2.45, 2.75) is 32.7 Å². The molecule has 0 aliphatic heterocycles. The van der Waals surface area contributed by atoms with Gasteiger partial charge in [-0.15, -0.1) is 0 Å². The van der Waals surface area contributed by atoms with Gasteiger partial charge >= 0.3 is 5.92 Å². The summed E-state index contributed by atoms with van der Waals surface area (Å²) in [7, 11) is 0.